The van der Waals surface area contributed by atoms with Crippen molar-refractivity contribution in [3.05, 3.63) is 205 Å². The van der Waals surface area contributed by atoms with Gasteiger partial charge in [0.25, 0.3) is 0 Å². The van der Waals surface area contributed by atoms with Crippen molar-refractivity contribution >= 4 is 42.3 Å². The lowest BCUT2D eigenvalue weighted by Crippen LogP contribution is -2.22. The van der Waals surface area contributed by atoms with Gasteiger partial charge in [0.1, 0.15) is 0 Å². The highest BCUT2D eigenvalue weighted by atomic mass is 32.1. The molecule has 258 valence electrons. The van der Waals surface area contributed by atoms with E-state index < -0.39 is 0 Å². The molecule has 0 amide bonds. The Morgan fingerprint density at radius 3 is 1.93 bits per heavy atom. The maximum Gasteiger partial charge on any atom is 0.160 e. The zero-order chi connectivity index (χ0) is 36.5. The van der Waals surface area contributed by atoms with E-state index in [4.69, 9.17) is 9.97 Å². The van der Waals surface area contributed by atoms with Crippen LogP contribution in [0.1, 0.15) is 23.6 Å². The van der Waals surface area contributed by atoms with Gasteiger partial charge in [0.15, 0.2) is 5.82 Å². The molecule has 1 atom stereocenters. The molecule has 0 spiro atoms. The monoisotopic (exact) mass is 718 g/mol. The van der Waals surface area contributed by atoms with Crippen LogP contribution < -0.4 is 0 Å². The molecule has 0 aliphatic heterocycles. The highest BCUT2D eigenvalue weighted by molar-refractivity contribution is 7.26. The third-order valence-corrected chi connectivity index (χ3v) is 12.8. The molecule has 0 bridgehead atoms. The maximum absolute atomic E-state index is 5.31. The minimum absolute atomic E-state index is 0.298. The molecular formula is C52H34N2S. The lowest BCUT2D eigenvalue weighted by Gasteiger charge is -2.28. The van der Waals surface area contributed by atoms with Crippen LogP contribution in [0.2, 0.25) is 0 Å². The van der Waals surface area contributed by atoms with Gasteiger partial charge in [-0.1, -0.05) is 164 Å². The molecule has 0 saturated carbocycles. The SMILES string of the molecule is CC1(c2ccccc2)c2ccccc2-c2ccc(-c3cc(-c4ccc(-c5cccc6c5sc5ccccc56)cc4)nc(-c4ccc5ccccc5c4)n3)cc21. The second-order valence-corrected chi connectivity index (χ2v) is 15.7. The number of hydrogen-bond acceptors (Lipinski definition) is 3. The standard InChI is InChI=1S/C52H34N2S/c1-52(39-14-3-2-4-15-39)45-20-9-7-16-41(45)42-29-28-37(31-46(42)52)48-32-47(53-51(54-48)38-27-22-33-12-5-6-13-36(33)30-38)35-25-23-34(24-26-35)40-18-11-19-44-43-17-8-10-21-49(43)55-50(40)44/h2-32H,1H3. The molecule has 2 heterocycles. The lowest BCUT2D eigenvalue weighted by atomic mass is 9.74. The quantitative estimate of drug-likeness (QED) is 0.177. The Morgan fingerprint density at radius 2 is 1.05 bits per heavy atom. The summed E-state index contributed by atoms with van der Waals surface area (Å²) in [5.74, 6) is 0.715. The Balaban J connectivity index is 1.06. The first-order chi connectivity index (χ1) is 27.1. The van der Waals surface area contributed by atoms with Crippen molar-refractivity contribution < 1.29 is 0 Å². The van der Waals surface area contributed by atoms with Gasteiger partial charge in [0.2, 0.25) is 0 Å². The van der Waals surface area contributed by atoms with Crippen LogP contribution in [0.15, 0.2) is 188 Å². The van der Waals surface area contributed by atoms with Gasteiger partial charge in [-0.05, 0) is 80.9 Å². The Kier molecular flexibility index (Phi) is 7.20. The molecule has 0 N–H and O–H groups in total. The summed E-state index contributed by atoms with van der Waals surface area (Å²) in [6, 6.07) is 68.0. The van der Waals surface area contributed by atoms with Crippen LogP contribution in [0.5, 0.6) is 0 Å². The first kappa shape index (κ1) is 31.8. The van der Waals surface area contributed by atoms with Crippen LogP contribution in [0.4, 0.5) is 0 Å². The molecule has 11 rings (SSSR count). The Bertz CT molecular complexity index is 3110. The van der Waals surface area contributed by atoms with Crippen LogP contribution in [0.25, 0.3) is 87.1 Å². The minimum Gasteiger partial charge on any atom is -0.228 e. The van der Waals surface area contributed by atoms with Gasteiger partial charge in [-0.25, -0.2) is 9.97 Å². The predicted molar refractivity (Wildman–Crippen MR) is 232 cm³/mol. The van der Waals surface area contributed by atoms with Gasteiger partial charge in [-0.2, -0.15) is 0 Å². The fourth-order valence-corrected chi connectivity index (χ4v) is 9.97. The molecule has 0 saturated heterocycles. The fourth-order valence-electron chi connectivity index (χ4n) is 8.73. The van der Waals surface area contributed by atoms with Gasteiger partial charge in [-0.3, -0.25) is 0 Å². The van der Waals surface area contributed by atoms with E-state index in [2.05, 4.69) is 195 Å². The number of thiophene rings is 1. The van der Waals surface area contributed by atoms with Gasteiger partial charge in [-0.15, -0.1) is 11.3 Å². The molecule has 0 fully saturated rings. The summed E-state index contributed by atoms with van der Waals surface area (Å²) in [5, 5.41) is 4.99. The molecule has 10 aromatic rings. The van der Waals surface area contributed by atoms with Crippen LogP contribution in [-0.2, 0) is 5.41 Å². The average Bonchev–Trinajstić information content (AvgIpc) is 3.77. The van der Waals surface area contributed by atoms with E-state index in [0.29, 0.717) is 5.82 Å². The highest BCUT2D eigenvalue weighted by Crippen LogP contribution is 2.53. The van der Waals surface area contributed by atoms with Crippen molar-refractivity contribution in [3.63, 3.8) is 0 Å². The highest BCUT2D eigenvalue weighted by Gasteiger charge is 2.40. The van der Waals surface area contributed by atoms with E-state index in [1.165, 1.54) is 69.9 Å². The molecule has 3 heteroatoms. The van der Waals surface area contributed by atoms with Crippen LogP contribution in [-0.4, -0.2) is 9.97 Å². The van der Waals surface area contributed by atoms with E-state index in [0.717, 1.165) is 28.1 Å². The number of hydrogen-bond donors (Lipinski definition) is 0. The van der Waals surface area contributed by atoms with Gasteiger partial charge >= 0.3 is 0 Å². The number of nitrogens with zero attached hydrogens (tertiary/aromatic N) is 2. The zero-order valence-corrected chi connectivity index (χ0v) is 31.0. The summed E-state index contributed by atoms with van der Waals surface area (Å²) < 4.78 is 2.64. The van der Waals surface area contributed by atoms with Gasteiger partial charge < -0.3 is 0 Å². The third kappa shape index (κ3) is 5.08. The van der Waals surface area contributed by atoms with E-state index in [1.54, 1.807) is 0 Å². The Labute approximate surface area is 324 Å². The molecule has 1 unspecified atom stereocenters. The normalized spacial score (nSPS) is 14.7. The van der Waals surface area contributed by atoms with Crippen LogP contribution in [0, 0.1) is 0 Å². The largest absolute Gasteiger partial charge is 0.228 e. The van der Waals surface area contributed by atoms with Crippen LogP contribution in [0.3, 0.4) is 0 Å². The topological polar surface area (TPSA) is 25.8 Å². The molecule has 1 aliphatic carbocycles. The van der Waals surface area contributed by atoms with Crippen molar-refractivity contribution in [2.45, 2.75) is 12.3 Å². The molecule has 1 aliphatic rings. The predicted octanol–water partition coefficient (Wildman–Crippen LogP) is 14.0. The zero-order valence-electron chi connectivity index (χ0n) is 30.2. The van der Waals surface area contributed by atoms with E-state index >= 15 is 0 Å². The Morgan fingerprint density at radius 1 is 0.418 bits per heavy atom. The average molecular weight is 719 g/mol. The lowest BCUT2D eigenvalue weighted by molar-refractivity contribution is 0.714. The number of fused-ring (bicyclic) bond motifs is 7. The van der Waals surface area contributed by atoms with E-state index in [1.807, 2.05) is 11.3 Å². The van der Waals surface area contributed by atoms with Crippen LogP contribution >= 0.6 is 11.3 Å². The maximum atomic E-state index is 5.31. The molecule has 2 aromatic heterocycles. The smallest absolute Gasteiger partial charge is 0.160 e. The summed E-state index contributed by atoms with van der Waals surface area (Å²) in [7, 11) is 0. The first-order valence-corrected chi connectivity index (χ1v) is 19.6. The Hall–Kier alpha value is -6.68. The molecule has 0 radical (unpaired) electrons. The van der Waals surface area contributed by atoms with Crippen molar-refractivity contribution in [1.29, 1.82) is 0 Å². The summed E-state index contributed by atoms with van der Waals surface area (Å²) in [5.41, 5.74) is 13.6. The second kappa shape index (κ2) is 12.4. The van der Waals surface area contributed by atoms with Gasteiger partial charge in [0.05, 0.1) is 11.4 Å². The first-order valence-electron chi connectivity index (χ1n) is 18.8. The minimum atomic E-state index is -0.298. The number of rotatable bonds is 5. The van der Waals surface area contributed by atoms with E-state index in [9.17, 15) is 0 Å². The number of aromatic nitrogens is 2. The summed E-state index contributed by atoms with van der Waals surface area (Å²) in [6.07, 6.45) is 0. The third-order valence-electron chi connectivity index (χ3n) is 11.6. The molecule has 55 heavy (non-hydrogen) atoms. The van der Waals surface area contributed by atoms with Crippen molar-refractivity contribution in [2.24, 2.45) is 0 Å². The summed E-state index contributed by atoms with van der Waals surface area (Å²) in [4.78, 5) is 10.6. The van der Waals surface area contributed by atoms with Crippen molar-refractivity contribution in [2.75, 3.05) is 0 Å². The molecule has 8 aromatic carbocycles. The van der Waals surface area contributed by atoms with Crippen molar-refractivity contribution in [3.8, 4) is 56.2 Å². The molecule has 2 nitrogen and oxygen atoms in total. The number of benzene rings is 8. The molecular weight excluding hydrogens is 685 g/mol. The summed E-state index contributed by atoms with van der Waals surface area (Å²) >= 11 is 1.87. The second-order valence-electron chi connectivity index (χ2n) is 14.7. The van der Waals surface area contributed by atoms with Crippen molar-refractivity contribution in [1.82, 2.24) is 9.97 Å². The van der Waals surface area contributed by atoms with Gasteiger partial charge in [0, 0.05) is 42.3 Å². The fraction of sp³-hybridized carbons (Fsp3) is 0.0385. The summed E-state index contributed by atoms with van der Waals surface area (Å²) in [6.45, 7) is 2.36. The van der Waals surface area contributed by atoms with E-state index in [-0.39, 0.29) is 5.41 Å².